The summed E-state index contributed by atoms with van der Waals surface area (Å²) in [5.74, 6) is -1.27. The van der Waals surface area contributed by atoms with Crippen LogP contribution >= 0.6 is 0 Å². The summed E-state index contributed by atoms with van der Waals surface area (Å²) in [5, 5.41) is 15.3. The number of rotatable bonds is 17. The summed E-state index contributed by atoms with van der Waals surface area (Å²) < 4.78 is 16.8. The Kier molecular flexibility index (Phi) is 13.8. The minimum absolute atomic E-state index is 0.00472. The molecule has 3 aromatic rings. The van der Waals surface area contributed by atoms with E-state index in [2.05, 4.69) is 17.6 Å². The fourth-order valence-electron chi connectivity index (χ4n) is 5.66. The third-order valence-electron chi connectivity index (χ3n) is 8.47. The van der Waals surface area contributed by atoms with Gasteiger partial charge in [0, 0.05) is 23.6 Å². The first-order valence-corrected chi connectivity index (χ1v) is 16.8. The zero-order valence-corrected chi connectivity index (χ0v) is 27.8. The summed E-state index contributed by atoms with van der Waals surface area (Å²) in [7, 11) is 1.42. The summed E-state index contributed by atoms with van der Waals surface area (Å²) in [6.07, 6.45) is 10.7. The van der Waals surface area contributed by atoms with Crippen molar-refractivity contribution in [2.24, 2.45) is 5.92 Å². The number of carbonyl (C=O) groups excluding carboxylic acids is 3. The molecule has 0 bridgehead atoms. The van der Waals surface area contributed by atoms with E-state index in [0.29, 0.717) is 29.2 Å². The van der Waals surface area contributed by atoms with E-state index < -0.39 is 23.9 Å². The number of nitrogens with one attached hydrogen (secondary N) is 2. The average molecular weight is 659 g/mol. The molecule has 1 unspecified atom stereocenters. The molecule has 0 aliphatic heterocycles. The summed E-state index contributed by atoms with van der Waals surface area (Å²) in [6, 6.07) is 16.6. The van der Waals surface area contributed by atoms with E-state index in [0.717, 1.165) is 44.9 Å². The van der Waals surface area contributed by atoms with Crippen LogP contribution in [0.1, 0.15) is 97.4 Å². The van der Waals surface area contributed by atoms with Crippen molar-refractivity contribution in [3.8, 4) is 17.2 Å². The van der Waals surface area contributed by atoms with Gasteiger partial charge in [0.15, 0.2) is 11.5 Å². The van der Waals surface area contributed by atoms with Crippen LogP contribution < -0.4 is 24.8 Å². The number of unbranched alkanes of at least 4 members (excludes halogenated alkanes) is 4. The molecule has 0 heterocycles. The van der Waals surface area contributed by atoms with Gasteiger partial charge in [-0.25, -0.2) is 9.59 Å². The van der Waals surface area contributed by atoms with E-state index in [-0.39, 0.29) is 35.3 Å². The Morgan fingerprint density at radius 1 is 0.833 bits per heavy atom. The maximum absolute atomic E-state index is 12.9. The van der Waals surface area contributed by atoms with Crippen molar-refractivity contribution < 1.29 is 38.5 Å². The molecule has 10 heteroatoms. The van der Waals surface area contributed by atoms with E-state index in [4.69, 9.17) is 14.2 Å². The highest BCUT2D eigenvalue weighted by Crippen LogP contribution is 2.30. The molecule has 256 valence electrons. The molecule has 10 nitrogen and oxygen atoms in total. The van der Waals surface area contributed by atoms with Gasteiger partial charge in [-0.2, -0.15) is 0 Å². The number of anilines is 1. The predicted molar refractivity (Wildman–Crippen MR) is 183 cm³/mol. The predicted octanol–water partition coefficient (Wildman–Crippen LogP) is 7.21. The van der Waals surface area contributed by atoms with Crippen LogP contribution in [-0.2, 0) is 16.0 Å². The van der Waals surface area contributed by atoms with Crippen LogP contribution in [0.5, 0.6) is 17.2 Å². The number of ether oxygens (including phenoxy) is 3. The number of methoxy groups -OCH3 is 1. The van der Waals surface area contributed by atoms with Crippen molar-refractivity contribution in [3.63, 3.8) is 0 Å². The lowest BCUT2D eigenvalue weighted by atomic mass is 9.88. The quantitative estimate of drug-likeness (QED) is 0.0786. The molecule has 2 amide bonds. The monoisotopic (exact) mass is 658 g/mol. The molecule has 1 fully saturated rings. The zero-order valence-electron chi connectivity index (χ0n) is 27.8. The van der Waals surface area contributed by atoms with Crippen molar-refractivity contribution in [3.05, 3.63) is 83.4 Å². The van der Waals surface area contributed by atoms with Gasteiger partial charge in [-0.05, 0) is 85.5 Å². The molecule has 0 saturated heterocycles. The lowest BCUT2D eigenvalue weighted by molar-refractivity contribution is -0.139. The molecular formula is C38H46N2O8. The van der Waals surface area contributed by atoms with Gasteiger partial charge in [0.05, 0.1) is 19.3 Å². The van der Waals surface area contributed by atoms with Crippen molar-refractivity contribution in [1.29, 1.82) is 0 Å². The van der Waals surface area contributed by atoms with E-state index in [1.807, 2.05) is 0 Å². The average Bonchev–Trinajstić information content (AvgIpc) is 3.10. The van der Waals surface area contributed by atoms with Gasteiger partial charge in [0.1, 0.15) is 11.8 Å². The molecule has 4 rings (SSSR count). The van der Waals surface area contributed by atoms with Crippen molar-refractivity contribution in [2.45, 2.75) is 83.6 Å². The Balaban J connectivity index is 1.30. The van der Waals surface area contributed by atoms with Gasteiger partial charge in [-0.3, -0.25) is 9.59 Å². The zero-order chi connectivity index (χ0) is 34.3. The largest absolute Gasteiger partial charge is 0.494 e. The SMILES string of the molecule is CCCCCCCOc1ccc(C(=O)Oc2ccc(CC(NC(=O)c3ccc(NC(=O)C4CCCCC4)cc3)C(=O)O)cc2OC)cc1. The van der Waals surface area contributed by atoms with Gasteiger partial charge in [-0.1, -0.05) is 57.9 Å². The highest BCUT2D eigenvalue weighted by molar-refractivity contribution is 5.98. The first-order chi connectivity index (χ1) is 23.3. The third-order valence-corrected chi connectivity index (χ3v) is 8.47. The topological polar surface area (TPSA) is 140 Å². The van der Waals surface area contributed by atoms with Crippen LogP contribution in [0, 0.1) is 5.92 Å². The van der Waals surface area contributed by atoms with E-state index in [1.54, 1.807) is 60.7 Å². The smallest absolute Gasteiger partial charge is 0.343 e. The molecule has 1 aliphatic rings. The Morgan fingerprint density at radius 2 is 1.52 bits per heavy atom. The van der Waals surface area contributed by atoms with Crippen LogP contribution in [0.4, 0.5) is 5.69 Å². The lowest BCUT2D eigenvalue weighted by Crippen LogP contribution is -2.42. The summed E-state index contributed by atoms with van der Waals surface area (Å²) in [6.45, 7) is 2.80. The van der Waals surface area contributed by atoms with Crippen LogP contribution in [0.2, 0.25) is 0 Å². The van der Waals surface area contributed by atoms with Gasteiger partial charge in [0.2, 0.25) is 5.91 Å². The first kappa shape index (κ1) is 36.0. The second-order valence-corrected chi connectivity index (χ2v) is 12.1. The van der Waals surface area contributed by atoms with Gasteiger partial charge >= 0.3 is 11.9 Å². The van der Waals surface area contributed by atoms with Crippen LogP contribution in [0.25, 0.3) is 0 Å². The highest BCUT2D eigenvalue weighted by atomic mass is 16.6. The molecule has 1 atom stereocenters. The molecule has 48 heavy (non-hydrogen) atoms. The number of hydrogen-bond donors (Lipinski definition) is 3. The standard InChI is InChI=1S/C38H46N2O8/c1-3-4-5-6-10-23-47-31-20-16-29(17-21-31)38(45)48-33-22-13-26(25-34(33)46-2)24-32(37(43)44)40-36(42)28-14-18-30(19-15-28)39-35(41)27-11-8-7-9-12-27/h13-22,25,27,32H,3-12,23-24H2,1-2H3,(H,39,41)(H,40,42)(H,43,44). The van der Waals surface area contributed by atoms with Crippen LogP contribution in [0.15, 0.2) is 66.7 Å². The van der Waals surface area contributed by atoms with Crippen LogP contribution in [-0.4, -0.2) is 48.6 Å². The summed E-state index contributed by atoms with van der Waals surface area (Å²) in [5.41, 5.74) is 1.74. The van der Waals surface area contributed by atoms with E-state index in [9.17, 15) is 24.3 Å². The second kappa shape index (κ2) is 18.5. The molecule has 0 radical (unpaired) electrons. The number of hydrogen-bond acceptors (Lipinski definition) is 7. The van der Waals surface area contributed by atoms with Gasteiger partial charge < -0.3 is 30.0 Å². The Hall–Kier alpha value is -4.86. The minimum atomic E-state index is -1.24. The van der Waals surface area contributed by atoms with Gasteiger partial charge in [0.25, 0.3) is 5.91 Å². The number of amides is 2. The fraction of sp³-hybridized carbons (Fsp3) is 0.421. The Labute approximate surface area is 282 Å². The molecule has 1 saturated carbocycles. The maximum Gasteiger partial charge on any atom is 0.343 e. The van der Waals surface area contributed by atoms with Crippen molar-refractivity contribution in [2.75, 3.05) is 19.0 Å². The molecule has 1 aliphatic carbocycles. The van der Waals surface area contributed by atoms with E-state index >= 15 is 0 Å². The number of aliphatic carboxylic acids is 1. The lowest BCUT2D eigenvalue weighted by Gasteiger charge is -2.20. The number of carboxylic acid groups (broad SMARTS) is 1. The number of benzene rings is 3. The number of carbonyl (C=O) groups is 4. The van der Waals surface area contributed by atoms with Crippen LogP contribution in [0.3, 0.4) is 0 Å². The Bertz CT molecular complexity index is 1510. The normalized spacial score (nSPS) is 13.6. The molecule has 3 aromatic carbocycles. The molecule has 3 N–H and O–H groups in total. The van der Waals surface area contributed by atoms with Crippen molar-refractivity contribution >= 4 is 29.4 Å². The summed E-state index contributed by atoms with van der Waals surface area (Å²) in [4.78, 5) is 50.4. The third kappa shape index (κ3) is 10.9. The highest BCUT2D eigenvalue weighted by Gasteiger charge is 2.24. The minimum Gasteiger partial charge on any atom is -0.494 e. The summed E-state index contributed by atoms with van der Waals surface area (Å²) >= 11 is 0. The molecule has 0 aromatic heterocycles. The number of carboxylic acids is 1. The van der Waals surface area contributed by atoms with Crippen molar-refractivity contribution in [1.82, 2.24) is 5.32 Å². The van der Waals surface area contributed by atoms with E-state index in [1.165, 1.54) is 32.4 Å². The van der Waals surface area contributed by atoms with Gasteiger partial charge in [-0.15, -0.1) is 0 Å². The first-order valence-electron chi connectivity index (χ1n) is 16.8. The molecule has 0 spiro atoms. The number of esters is 1. The second-order valence-electron chi connectivity index (χ2n) is 12.1. The maximum atomic E-state index is 12.9. The fourth-order valence-corrected chi connectivity index (χ4v) is 5.66. The Morgan fingerprint density at radius 3 is 2.19 bits per heavy atom. The molecular weight excluding hydrogens is 612 g/mol.